The number of amides is 1. The minimum absolute atomic E-state index is 0.126. The topological polar surface area (TPSA) is 47.6 Å². The first-order valence-corrected chi connectivity index (χ1v) is 7.95. The van der Waals surface area contributed by atoms with E-state index >= 15 is 0 Å². The van der Waals surface area contributed by atoms with Gasteiger partial charge in [0.15, 0.2) is 11.5 Å². The van der Waals surface area contributed by atoms with Crippen LogP contribution in [0.2, 0.25) is 0 Å². The number of benzene rings is 2. The van der Waals surface area contributed by atoms with Gasteiger partial charge in [-0.1, -0.05) is 45.0 Å². The number of carbonyl (C=O) groups is 1. The van der Waals surface area contributed by atoms with E-state index in [2.05, 4.69) is 50.4 Å². The van der Waals surface area contributed by atoms with Crippen LogP contribution in [0.3, 0.4) is 0 Å². The number of methoxy groups -OCH3 is 2. The van der Waals surface area contributed by atoms with Crippen molar-refractivity contribution in [2.75, 3.05) is 14.2 Å². The van der Waals surface area contributed by atoms with Gasteiger partial charge >= 0.3 is 0 Å². The highest BCUT2D eigenvalue weighted by atomic mass is 16.5. The van der Waals surface area contributed by atoms with Gasteiger partial charge in [-0.05, 0) is 34.7 Å². The molecule has 0 fully saturated rings. The van der Waals surface area contributed by atoms with Gasteiger partial charge in [0.05, 0.1) is 14.2 Å². The summed E-state index contributed by atoms with van der Waals surface area (Å²) in [5.74, 6) is 1.00. The van der Waals surface area contributed by atoms with Gasteiger partial charge in [0.1, 0.15) is 0 Å². The van der Waals surface area contributed by atoms with Crippen LogP contribution in [-0.4, -0.2) is 20.1 Å². The van der Waals surface area contributed by atoms with Crippen molar-refractivity contribution in [1.29, 1.82) is 0 Å². The summed E-state index contributed by atoms with van der Waals surface area (Å²) in [4.78, 5) is 12.3. The van der Waals surface area contributed by atoms with Gasteiger partial charge in [-0.2, -0.15) is 0 Å². The van der Waals surface area contributed by atoms with Gasteiger partial charge in [-0.15, -0.1) is 0 Å². The molecule has 0 atom stereocenters. The predicted octanol–water partition coefficient (Wildman–Crippen LogP) is 3.93. The number of nitrogens with one attached hydrogen (secondary N) is 1. The van der Waals surface area contributed by atoms with Crippen LogP contribution < -0.4 is 14.8 Å². The lowest BCUT2D eigenvalue weighted by molar-refractivity contribution is 0.0950. The molecule has 0 radical (unpaired) electrons. The highest BCUT2D eigenvalue weighted by Gasteiger charge is 2.13. The number of hydrogen-bond acceptors (Lipinski definition) is 3. The van der Waals surface area contributed by atoms with Crippen molar-refractivity contribution >= 4 is 5.91 Å². The van der Waals surface area contributed by atoms with Crippen molar-refractivity contribution in [3.8, 4) is 11.5 Å². The Labute approximate surface area is 143 Å². The molecule has 2 aromatic rings. The fraction of sp³-hybridized carbons (Fsp3) is 0.350. The molecule has 0 saturated heterocycles. The van der Waals surface area contributed by atoms with Gasteiger partial charge in [-0.3, -0.25) is 4.79 Å². The third-order valence-electron chi connectivity index (χ3n) is 3.92. The average Bonchev–Trinajstić information content (AvgIpc) is 2.58. The molecular weight excluding hydrogens is 302 g/mol. The van der Waals surface area contributed by atoms with Crippen molar-refractivity contribution in [2.45, 2.75) is 32.7 Å². The largest absolute Gasteiger partial charge is 0.493 e. The lowest BCUT2D eigenvalue weighted by Crippen LogP contribution is -2.23. The molecule has 0 aromatic heterocycles. The molecule has 0 aliphatic heterocycles. The summed E-state index contributed by atoms with van der Waals surface area (Å²) in [7, 11) is 3.12. The summed E-state index contributed by atoms with van der Waals surface area (Å²) in [6.45, 7) is 7.03. The summed E-state index contributed by atoms with van der Waals surface area (Å²) in [6.07, 6.45) is 0. The Morgan fingerprint density at radius 1 is 0.958 bits per heavy atom. The Morgan fingerprint density at radius 3 is 2.12 bits per heavy atom. The lowest BCUT2D eigenvalue weighted by atomic mass is 9.87. The molecule has 4 heteroatoms. The molecule has 0 aliphatic carbocycles. The molecule has 24 heavy (non-hydrogen) atoms. The van der Waals surface area contributed by atoms with Crippen LogP contribution in [0.25, 0.3) is 0 Å². The van der Waals surface area contributed by atoms with Crippen molar-refractivity contribution in [2.24, 2.45) is 0 Å². The summed E-state index contributed by atoms with van der Waals surface area (Å²) < 4.78 is 10.4. The van der Waals surface area contributed by atoms with Crippen LogP contribution in [0.5, 0.6) is 11.5 Å². The lowest BCUT2D eigenvalue weighted by Gasteiger charge is -2.19. The second-order valence-electron chi connectivity index (χ2n) is 6.70. The molecular formula is C20H25NO3. The molecule has 2 aromatic carbocycles. The van der Waals surface area contributed by atoms with Crippen LogP contribution in [0.4, 0.5) is 0 Å². The summed E-state index contributed by atoms with van der Waals surface area (Å²) in [6, 6.07) is 13.4. The van der Waals surface area contributed by atoms with E-state index in [1.165, 1.54) is 5.56 Å². The number of rotatable bonds is 5. The predicted molar refractivity (Wildman–Crippen MR) is 95.9 cm³/mol. The Hall–Kier alpha value is -2.49. The normalized spacial score (nSPS) is 11.0. The molecule has 4 nitrogen and oxygen atoms in total. The van der Waals surface area contributed by atoms with E-state index < -0.39 is 0 Å². The number of hydrogen-bond donors (Lipinski definition) is 1. The van der Waals surface area contributed by atoms with Gasteiger partial charge < -0.3 is 14.8 Å². The van der Waals surface area contributed by atoms with E-state index in [-0.39, 0.29) is 11.3 Å². The fourth-order valence-corrected chi connectivity index (χ4v) is 2.38. The molecule has 0 unspecified atom stereocenters. The van der Waals surface area contributed by atoms with Crippen LogP contribution in [0.15, 0.2) is 42.5 Å². The highest BCUT2D eigenvalue weighted by molar-refractivity contribution is 5.94. The molecule has 0 aliphatic rings. The molecule has 128 valence electrons. The SMILES string of the molecule is COc1ccc(C(=O)NCc2ccc(C(C)(C)C)cc2)cc1OC. The van der Waals surface area contributed by atoms with E-state index in [0.29, 0.717) is 23.6 Å². The van der Waals surface area contributed by atoms with Crippen LogP contribution in [0, 0.1) is 0 Å². The third-order valence-corrected chi connectivity index (χ3v) is 3.92. The zero-order valence-electron chi connectivity index (χ0n) is 15.0. The highest BCUT2D eigenvalue weighted by Crippen LogP contribution is 2.27. The maximum atomic E-state index is 12.3. The first-order chi connectivity index (χ1) is 11.3. The molecule has 2 rings (SSSR count). The molecule has 0 heterocycles. The quantitative estimate of drug-likeness (QED) is 0.905. The summed E-state index contributed by atoms with van der Waals surface area (Å²) in [5.41, 5.74) is 3.01. The maximum Gasteiger partial charge on any atom is 0.251 e. The summed E-state index contributed by atoms with van der Waals surface area (Å²) in [5, 5.41) is 2.93. The monoisotopic (exact) mass is 327 g/mol. The van der Waals surface area contributed by atoms with Crippen molar-refractivity contribution < 1.29 is 14.3 Å². The van der Waals surface area contributed by atoms with Gasteiger partial charge in [-0.25, -0.2) is 0 Å². The Morgan fingerprint density at radius 2 is 1.58 bits per heavy atom. The zero-order valence-corrected chi connectivity index (χ0v) is 15.0. The van der Waals surface area contributed by atoms with E-state index in [4.69, 9.17) is 9.47 Å². The van der Waals surface area contributed by atoms with Gasteiger partial charge in [0.25, 0.3) is 5.91 Å². The molecule has 0 saturated carbocycles. The Bertz CT molecular complexity index is 700. The molecule has 1 amide bonds. The average molecular weight is 327 g/mol. The second-order valence-corrected chi connectivity index (χ2v) is 6.70. The van der Waals surface area contributed by atoms with Crippen molar-refractivity contribution in [3.63, 3.8) is 0 Å². The smallest absolute Gasteiger partial charge is 0.251 e. The Balaban J connectivity index is 2.03. The molecule has 1 N–H and O–H groups in total. The molecule has 0 spiro atoms. The maximum absolute atomic E-state index is 12.3. The number of ether oxygens (including phenoxy) is 2. The standard InChI is InChI=1S/C20H25NO3/c1-20(2,3)16-9-6-14(7-10-16)13-21-19(22)15-8-11-17(23-4)18(12-15)24-5/h6-12H,13H2,1-5H3,(H,21,22). The second kappa shape index (κ2) is 7.39. The first-order valence-electron chi connectivity index (χ1n) is 7.95. The van der Waals surface area contributed by atoms with Crippen molar-refractivity contribution in [3.05, 3.63) is 59.2 Å². The molecule has 0 bridgehead atoms. The van der Waals surface area contributed by atoms with Crippen LogP contribution >= 0.6 is 0 Å². The zero-order chi connectivity index (χ0) is 17.7. The Kier molecular flexibility index (Phi) is 5.50. The third kappa shape index (κ3) is 4.28. The van der Waals surface area contributed by atoms with E-state index in [9.17, 15) is 4.79 Å². The van der Waals surface area contributed by atoms with Gasteiger partial charge in [0, 0.05) is 12.1 Å². The van der Waals surface area contributed by atoms with E-state index in [1.54, 1.807) is 32.4 Å². The first kappa shape index (κ1) is 17.9. The van der Waals surface area contributed by atoms with Crippen molar-refractivity contribution in [1.82, 2.24) is 5.32 Å². The fourth-order valence-electron chi connectivity index (χ4n) is 2.38. The van der Waals surface area contributed by atoms with Crippen LogP contribution in [0.1, 0.15) is 42.3 Å². The number of carbonyl (C=O) groups excluding carboxylic acids is 1. The van der Waals surface area contributed by atoms with Crippen LogP contribution in [-0.2, 0) is 12.0 Å². The minimum atomic E-state index is -0.143. The van der Waals surface area contributed by atoms with Gasteiger partial charge in [0.2, 0.25) is 0 Å². The minimum Gasteiger partial charge on any atom is -0.493 e. The van der Waals surface area contributed by atoms with E-state index in [0.717, 1.165) is 5.56 Å². The summed E-state index contributed by atoms with van der Waals surface area (Å²) >= 11 is 0. The van der Waals surface area contributed by atoms with E-state index in [1.807, 2.05) is 0 Å².